The predicted molar refractivity (Wildman–Crippen MR) is 204 cm³/mol. The smallest absolute Gasteiger partial charge is 0.407 e. The molecule has 4 heterocycles. The van der Waals surface area contributed by atoms with Crippen molar-refractivity contribution in [3.05, 3.63) is 72.6 Å². The number of amides is 4. The molecule has 0 bridgehead atoms. The monoisotopic (exact) mass is 754 g/mol. The largest absolute Gasteiger partial charge is 0.457 e. The molecule has 2 aromatic carbocycles. The fourth-order valence-electron chi connectivity index (χ4n) is 7.26. The number of rotatable bonds is 12. The van der Waals surface area contributed by atoms with Crippen LogP contribution in [0.1, 0.15) is 77.1 Å². The van der Waals surface area contributed by atoms with Crippen LogP contribution in [0.25, 0.3) is 22.5 Å². The Kier molecular flexibility index (Phi) is 12.1. The van der Waals surface area contributed by atoms with Gasteiger partial charge in [-0.15, -0.1) is 0 Å². The number of aromatic nitrogens is 4. The molecule has 2 aliphatic rings. The highest BCUT2D eigenvalue weighted by molar-refractivity contribution is 5.87. The summed E-state index contributed by atoms with van der Waals surface area (Å²) in [6, 6.07) is 13.5. The summed E-state index contributed by atoms with van der Waals surface area (Å²) in [5.41, 5.74) is 3.39. The van der Waals surface area contributed by atoms with E-state index in [4.69, 9.17) is 14.2 Å². The maximum atomic E-state index is 13.5. The van der Waals surface area contributed by atoms with Crippen molar-refractivity contribution in [3.8, 4) is 34.0 Å². The summed E-state index contributed by atoms with van der Waals surface area (Å²) in [5.74, 6) is 2.13. The Morgan fingerprint density at radius 1 is 0.691 bits per heavy atom. The van der Waals surface area contributed by atoms with Crippen molar-refractivity contribution in [1.29, 1.82) is 0 Å². The first kappa shape index (κ1) is 38.9. The first-order valence-corrected chi connectivity index (χ1v) is 18.8. The Morgan fingerprint density at radius 2 is 1.18 bits per heavy atom. The van der Waals surface area contributed by atoms with Gasteiger partial charge in [0.15, 0.2) is 0 Å². The van der Waals surface area contributed by atoms with Crippen LogP contribution in [-0.2, 0) is 19.1 Å². The number of imidazole rings is 2. The van der Waals surface area contributed by atoms with Gasteiger partial charge in [-0.25, -0.2) is 19.6 Å². The van der Waals surface area contributed by atoms with Gasteiger partial charge in [0.1, 0.15) is 35.2 Å². The molecule has 0 spiro atoms. The van der Waals surface area contributed by atoms with Crippen molar-refractivity contribution in [1.82, 2.24) is 40.4 Å². The zero-order chi connectivity index (χ0) is 39.2. The molecule has 2 saturated heterocycles. The zero-order valence-corrected chi connectivity index (χ0v) is 32.1. The van der Waals surface area contributed by atoms with E-state index >= 15 is 0 Å². The van der Waals surface area contributed by atoms with E-state index < -0.39 is 24.3 Å². The summed E-state index contributed by atoms with van der Waals surface area (Å²) in [6.07, 6.45) is 5.45. The lowest BCUT2D eigenvalue weighted by atomic mass is 10.0. The number of methoxy groups -OCH3 is 2. The van der Waals surface area contributed by atoms with Gasteiger partial charge in [-0.3, -0.25) is 9.59 Å². The van der Waals surface area contributed by atoms with E-state index in [0.717, 1.165) is 48.2 Å². The molecule has 0 aliphatic carbocycles. The van der Waals surface area contributed by atoms with Crippen LogP contribution in [-0.4, -0.2) is 93.1 Å². The zero-order valence-electron chi connectivity index (χ0n) is 32.1. The van der Waals surface area contributed by atoms with E-state index in [9.17, 15) is 19.2 Å². The average molecular weight is 755 g/mol. The van der Waals surface area contributed by atoms with Crippen LogP contribution in [0.15, 0.2) is 60.9 Å². The summed E-state index contributed by atoms with van der Waals surface area (Å²) in [6.45, 7) is 8.72. The lowest BCUT2D eigenvalue weighted by Gasteiger charge is -2.30. The van der Waals surface area contributed by atoms with Crippen molar-refractivity contribution in [2.75, 3.05) is 27.3 Å². The van der Waals surface area contributed by atoms with Gasteiger partial charge in [0.2, 0.25) is 11.8 Å². The highest BCUT2D eigenvalue weighted by Gasteiger charge is 2.39. The third-order valence-electron chi connectivity index (χ3n) is 10.2. The van der Waals surface area contributed by atoms with E-state index in [2.05, 4.69) is 30.6 Å². The van der Waals surface area contributed by atoms with Crippen molar-refractivity contribution >= 4 is 24.0 Å². The Morgan fingerprint density at radius 3 is 1.65 bits per heavy atom. The van der Waals surface area contributed by atoms with Crippen LogP contribution in [0, 0.1) is 11.8 Å². The maximum absolute atomic E-state index is 13.5. The highest BCUT2D eigenvalue weighted by atomic mass is 16.5. The third kappa shape index (κ3) is 8.76. The Balaban J connectivity index is 1.10. The number of aromatic amines is 2. The number of carbonyl (C=O) groups is 4. The van der Waals surface area contributed by atoms with Crippen molar-refractivity contribution in [2.45, 2.75) is 77.5 Å². The number of hydrogen-bond donors (Lipinski definition) is 4. The van der Waals surface area contributed by atoms with Gasteiger partial charge in [-0.1, -0.05) is 39.8 Å². The number of likely N-dealkylation sites (tertiary alicyclic amines) is 2. The van der Waals surface area contributed by atoms with Gasteiger partial charge in [0, 0.05) is 18.7 Å². The van der Waals surface area contributed by atoms with Crippen molar-refractivity contribution in [3.63, 3.8) is 0 Å². The molecule has 4 atom stereocenters. The molecule has 0 radical (unpaired) electrons. The van der Waals surface area contributed by atoms with Crippen LogP contribution >= 0.6 is 0 Å². The van der Waals surface area contributed by atoms with Gasteiger partial charge in [-0.05, 0) is 79.5 Å². The molecule has 6 rings (SSSR count). The van der Waals surface area contributed by atoms with Gasteiger partial charge in [-0.2, -0.15) is 0 Å². The van der Waals surface area contributed by atoms with Crippen molar-refractivity contribution < 1.29 is 33.4 Å². The second-order valence-electron chi connectivity index (χ2n) is 14.6. The molecule has 15 nitrogen and oxygen atoms in total. The van der Waals surface area contributed by atoms with E-state index in [-0.39, 0.29) is 35.7 Å². The highest BCUT2D eigenvalue weighted by Crippen LogP contribution is 2.35. The maximum Gasteiger partial charge on any atom is 0.407 e. The van der Waals surface area contributed by atoms with E-state index in [1.165, 1.54) is 14.2 Å². The second kappa shape index (κ2) is 17.1. The third-order valence-corrected chi connectivity index (χ3v) is 10.2. The molecule has 4 N–H and O–H groups in total. The SMILES string of the molecule is COC(=O)NC(C(=O)N1CCCC1c1ncc(-c2ccc(Oc3cccc(-c4cnc(C5CCCN5C(=O)C(NC(=O)OC)C(C)C)[nH]4)c3)cc2)[nH]1)C(C)C. The number of carbonyl (C=O) groups excluding carboxylic acids is 4. The number of hydrogen-bond acceptors (Lipinski definition) is 9. The molecular weight excluding hydrogens is 704 g/mol. The Bertz CT molecular complexity index is 1970. The standard InChI is InChI=1S/C40H50N8O7/c1-23(2)33(45-39(51)53-5)37(49)47-18-8-12-31(47)35-41-21-29(43-35)25-14-16-27(17-15-25)55-28-11-7-10-26(20-28)30-22-42-36(44-30)32-13-9-19-48(32)38(50)34(24(3)4)46-40(52)54-6/h7,10-11,14-17,20-24,31-34H,8-9,12-13,18-19H2,1-6H3,(H,41,43)(H,42,44)(H,45,51)(H,46,52). The van der Waals surface area contributed by atoms with E-state index in [0.29, 0.717) is 36.2 Å². The molecule has 4 unspecified atom stereocenters. The first-order valence-electron chi connectivity index (χ1n) is 18.8. The van der Waals surface area contributed by atoms with E-state index in [1.807, 2.05) is 76.2 Å². The second-order valence-corrected chi connectivity index (χ2v) is 14.6. The number of ether oxygens (including phenoxy) is 3. The molecule has 0 saturated carbocycles. The Labute approximate surface area is 320 Å². The lowest BCUT2D eigenvalue weighted by Crippen LogP contribution is -2.51. The lowest BCUT2D eigenvalue weighted by molar-refractivity contribution is -0.136. The summed E-state index contributed by atoms with van der Waals surface area (Å²) in [5, 5.41) is 5.37. The molecule has 2 fully saturated rings. The van der Waals surface area contributed by atoms with Crippen molar-refractivity contribution in [2.24, 2.45) is 11.8 Å². The van der Waals surface area contributed by atoms with Crippen LogP contribution < -0.4 is 15.4 Å². The van der Waals surface area contributed by atoms with E-state index in [1.54, 1.807) is 22.2 Å². The number of H-pyrrole nitrogens is 2. The van der Waals surface area contributed by atoms with Crippen LogP contribution in [0.2, 0.25) is 0 Å². The molecule has 55 heavy (non-hydrogen) atoms. The molecular formula is C40H50N8O7. The van der Waals surface area contributed by atoms with Gasteiger partial charge < -0.3 is 44.6 Å². The molecule has 2 aliphatic heterocycles. The fraction of sp³-hybridized carbons (Fsp3) is 0.450. The topological polar surface area (TPSA) is 184 Å². The quantitative estimate of drug-likeness (QED) is 0.128. The predicted octanol–water partition coefficient (Wildman–Crippen LogP) is 6.35. The Hall–Kier alpha value is -5.86. The van der Waals surface area contributed by atoms with Crippen LogP contribution in [0.5, 0.6) is 11.5 Å². The number of nitrogens with zero attached hydrogens (tertiary/aromatic N) is 4. The summed E-state index contributed by atoms with van der Waals surface area (Å²) in [4.78, 5) is 70.7. The van der Waals surface area contributed by atoms with Gasteiger partial charge in [0.25, 0.3) is 0 Å². The first-order chi connectivity index (χ1) is 26.5. The minimum atomic E-state index is -0.704. The number of alkyl carbamates (subject to hydrolysis) is 2. The molecule has 292 valence electrons. The molecule has 4 aromatic rings. The number of nitrogens with one attached hydrogen (secondary N) is 4. The molecule has 2 aromatic heterocycles. The summed E-state index contributed by atoms with van der Waals surface area (Å²) >= 11 is 0. The molecule has 15 heteroatoms. The van der Waals surface area contributed by atoms with Crippen LogP contribution in [0.3, 0.4) is 0 Å². The summed E-state index contributed by atoms with van der Waals surface area (Å²) < 4.78 is 15.7. The summed E-state index contributed by atoms with van der Waals surface area (Å²) in [7, 11) is 2.56. The van der Waals surface area contributed by atoms with Crippen LogP contribution in [0.4, 0.5) is 9.59 Å². The van der Waals surface area contributed by atoms with Gasteiger partial charge in [0.05, 0.1) is 50.1 Å². The normalized spacial score (nSPS) is 18.0. The average Bonchev–Trinajstić information content (AvgIpc) is 4.02. The minimum absolute atomic E-state index is 0.115. The fourth-order valence-corrected chi connectivity index (χ4v) is 7.26. The number of benzene rings is 2. The minimum Gasteiger partial charge on any atom is -0.457 e. The van der Waals surface area contributed by atoms with Gasteiger partial charge >= 0.3 is 12.2 Å². The molecule has 4 amide bonds.